The van der Waals surface area contributed by atoms with Gasteiger partial charge < -0.3 is 0 Å². The van der Waals surface area contributed by atoms with E-state index in [1.807, 2.05) is 6.92 Å². The number of carbonyl (C=O) groups is 2. The number of fused-ring (bicyclic) bond motifs is 2. The lowest BCUT2D eigenvalue weighted by atomic mass is 10.1. The molecule has 9 nitrogen and oxygen atoms in total. The molecule has 2 amide bonds. The Balaban J connectivity index is 1.40. The minimum atomic E-state index is -0.647. The number of nitrogens with zero attached hydrogens (tertiary/aromatic N) is 4. The summed E-state index contributed by atoms with van der Waals surface area (Å²) < 4.78 is 16.2. The summed E-state index contributed by atoms with van der Waals surface area (Å²) >= 11 is 1.19. The van der Waals surface area contributed by atoms with Crippen molar-refractivity contribution in [1.82, 2.24) is 30.4 Å². The molecule has 3 aromatic heterocycles. The van der Waals surface area contributed by atoms with Crippen molar-refractivity contribution in [2.75, 3.05) is 0 Å². The van der Waals surface area contributed by atoms with Crippen LogP contribution in [-0.4, -0.2) is 31.4 Å². The first-order valence-corrected chi connectivity index (χ1v) is 11.5. The van der Waals surface area contributed by atoms with Crippen LogP contribution in [0, 0.1) is 12.7 Å². The van der Waals surface area contributed by atoms with Gasteiger partial charge in [0.1, 0.15) is 10.6 Å². The molecule has 176 valence electrons. The highest BCUT2D eigenvalue weighted by Gasteiger charge is 2.20. The molecule has 0 aliphatic carbocycles. The van der Waals surface area contributed by atoms with Crippen molar-refractivity contribution < 1.29 is 14.0 Å². The van der Waals surface area contributed by atoms with Crippen molar-refractivity contribution in [3.05, 3.63) is 87.0 Å². The van der Waals surface area contributed by atoms with Crippen LogP contribution in [0.5, 0.6) is 0 Å². The highest BCUT2D eigenvalue weighted by Crippen LogP contribution is 2.30. The standard InChI is InChI=1S/C24H19FN6O3S/c1-3-30-23(34)17-7-5-4-6-16(17)20(29-30)22(33)27-26-21(32)19-12-18-13(2)28-31(24(18)35-19)15-10-8-14(25)9-11-15/h4-12H,3H2,1-2H3,(H,26,32)(H,27,33). The van der Waals surface area contributed by atoms with Crippen LogP contribution in [0.1, 0.15) is 32.8 Å². The number of carbonyl (C=O) groups excluding carboxylic acids is 2. The number of hydrazine groups is 1. The lowest BCUT2D eigenvalue weighted by Crippen LogP contribution is -2.42. The second-order valence-electron chi connectivity index (χ2n) is 7.73. The van der Waals surface area contributed by atoms with Crippen molar-refractivity contribution in [3.8, 4) is 5.69 Å². The summed E-state index contributed by atoms with van der Waals surface area (Å²) in [5.41, 5.74) is 5.92. The molecule has 5 rings (SSSR count). The monoisotopic (exact) mass is 490 g/mol. The van der Waals surface area contributed by atoms with Crippen molar-refractivity contribution >= 4 is 44.1 Å². The van der Waals surface area contributed by atoms with Gasteiger partial charge in [-0.3, -0.25) is 25.2 Å². The van der Waals surface area contributed by atoms with E-state index in [1.54, 1.807) is 54.1 Å². The molecule has 3 heterocycles. The molecule has 0 aliphatic rings. The second-order valence-corrected chi connectivity index (χ2v) is 8.76. The van der Waals surface area contributed by atoms with Crippen LogP contribution >= 0.6 is 11.3 Å². The molecule has 0 spiro atoms. The molecule has 0 saturated heterocycles. The molecule has 0 atom stereocenters. The molecular formula is C24H19FN6O3S. The molecule has 0 fully saturated rings. The third-order valence-corrected chi connectivity index (χ3v) is 6.62. The highest BCUT2D eigenvalue weighted by atomic mass is 32.1. The summed E-state index contributed by atoms with van der Waals surface area (Å²) in [7, 11) is 0. The molecule has 5 aromatic rings. The van der Waals surface area contributed by atoms with Gasteiger partial charge in [0.05, 0.1) is 21.6 Å². The van der Waals surface area contributed by atoms with Crippen molar-refractivity contribution in [1.29, 1.82) is 0 Å². The summed E-state index contributed by atoms with van der Waals surface area (Å²) in [4.78, 5) is 39.3. The molecule has 2 aromatic carbocycles. The number of aromatic nitrogens is 4. The van der Waals surface area contributed by atoms with Gasteiger partial charge in [-0.1, -0.05) is 18.2 Å². The predicted molar refractivity (Wildman–Crippen MR) is 130 cm³/mol. The Labute approximate surface area is 201 Å². The van der Waals surface area contributed by atoms with Gasteiger partial charge in [0.2, 0.25) is 0 Å². The topological polar surface area (TPSA) is 111 Å². The molecule has 0 bridgehead atoms. The van der Waals surface area contributed by atoms with Crippen LogP contribution < -0.4 is 16.4 Å². The first-order valence-electron chi connectivity index (χ1n) is 10.7. The van der Waals surface area contributed by atoms with Gasteiger partial charge in [0.15, 0.2) is 5.69 Å². The lowest BCUT2D eigenvalue weighted by molar-refractivity contribution is 0.0846. The number of nitrogens with one attached hydrogen (secondary N) is 2. The van der Waals surface area contributed by atoms with Gasteiger partial charge in [-0.25, -0.2) is 13.8 Å². The number of rotatable bonds is 4. The summed E-state index contributed by atoms with van der Waals surface area (Å²) in [5, 5.41) is 10.2. The molecule has 0 unspecified atom stereocenters. The fourth-order valence-corrected chi connectivity index (χ4v) is 4.85. The number of hydrogen-bond acceptors (Lipinski definition) is 6. The van der Waals surface area contributed by atoms with Crippen molar-refractivity contribution in [3.63, 3.8) is 0 Å². The maximum atomic E-state index is 13.3. The van der Waals surface area contributed by atoms with Crippen LogP contribution in [0.2, 0.25) is 0 Å². The second kappa shape index (κ2) is 8.76. The number of thiophene rings is 1. The lowest BCUT2D eigenvalue weighted by Gasteiger charge is -2.10. The smallest absolute Gasteiger partial charge is 0.267 e. The number of benzene rings is 2. The minimum Gasteiger partial charge on any atom is -0.267 e. The third-order valence-electron chi connectivity index (χ3n) is 5.51. The van der Waals surface area contributed by atoms with Crippen LogP contribution in [0.3, 0.4) is 0 Å². The fraction of sp³-hybridized carbons (Fsp3) is 0.125. The number of amides is 2. The quantitative estimate of drug-likeness (QED) is 0.376. The number of hydrogen-bond donors (Lipinski definition) is 2. The van der Waals surface area contributed by atoms with Crippen LogP contribution in [0.15, 0.2) is 59.4 Å². The van der Waals surface area contributed by atoms with E-state index in [1.165, 1.54) is 28.2 Å². The maximum absolute atomic E-state index is 13.3. The zero-order chi connectivity index (χ0) is 24.7. The Hall–Kier alpha value is -4.38. The molecular weight excluding hydrogens is 471 g/mol. The maximum Gasteiger partial charge on any atom is 0.290 e. The predicted octanol–water partition coefficient (Wildman–Crippen LogP) is 3.34. The molecule has 0 aliphatic heterocycles. The first kappa shape index (κ1) is 22.4. The van der Waals surface area contributed by atoms with E-state index in [4.69, 9.17) is 0 Å². The summed E-state index contributed by atoms with van der Waals surface area (Å²) in [6.45, 7) is 3.86. The van der Waals surface area contributed by atoms with E-state index >= 15 is 0 Å². The summed E-state index contributed by atoms with van der Waals surface area (Å²) in [6, 6.07) is 14.3. The van der Waals surface area contributed by atoms with E-state index in [-0.39, 0.29) is 17.1 Å². The highest BCUT2D eigenvalue weighted by molar-refractivity contribution is 7.20. The van der Waals surface area contributed by atoms with Gasteiger partial charge in [-0.2, -0.15) is 10.2 Å². The Morgan fingerprint density at radius 3 is 2.37 bits per heavy atom. The molecule has 35 heavy (non-hydrogen) atoms. The summed E-state index contributed by atoms with van der Waals surface area (Å²) in [6.07, 6.45) is 0. The van der Waals surface area contributed by atoms with E-state index in [2.05, 4.69) is 21.0 Å². The van der Waals surface area contributed by atoms with Crippen LogP contribution in [0.4, 0.5) is 4.39 Å². The Morgan fingerprint density at radius 2 is 1.66 bits per heavy atom. The Kier molecular flexibility index (Phi) is 5.61. The molecule has 0 saturated carbocycles. The largest absolute Gasteiger partial charge is 0.290 e. The van der Waals surface area contributed by atoms with Gasteiger partial charge in [0.25, 0.3) is 17.4 Å². The van der Waals surface area contributed by atoms with Crippen molar-refractivity contribution in [2.24, 2.45) is 0 Å². The third kappa shape index (κ3) is 3.95. The Bertz CT molecular complexity index is 1670. The molecule has 11 heteroatoms. The number of aryl methyl sites for hydroxylation is 2. The fourth-order valence-electron chi connectivity index (χ4n) is 3.77. The van der Waals surface area contributed by atoms with Gasteiger partial charge in [-0.15, -0.1) is 11.3 Å². The molecule has 0 radical (unpaired) electrons. The first-order chi connectivity index (χ1) is 16.9. The Morgan fingerprint density at radius 1 is 0.971 bits per heavy atom. The van der Waals surface area contributed by atoms with Gasteiger partial charge >= 0.3 is 0 Å². The van der Waals surface area contributed by atoms with Gasteiger partial charge in [0, 0.05) is 17.3 Å². The normalized spacial score (nSPS) is 11.2. The van der Waals surface area contributed by atoms with E-state index < -0.39 is 11.8 Å². The zero-order valence-corrected chi connectivity index (χ0v) is 19.5. The minimum absolute atomic E-state index is 0.0292. The van der Waals surface area contributed by atoms with Crippen LogP contribution in [-0.2, 0) is 6.54 Å². The SMILES string of the molecule is CCn1nc(C(=O)NNC(=O)c2cc3c(C)nn(-c4ccc(F)cc4)c3s2)c2ccccc2c1=O. The zero-order valence-electron chi connectivity index (χ0n) is 18.7. The van der Waals surface area contributed by atoms with E-state index in [0.29, 0.717) is 38.4 Å². The van der Waals surface area contributed by atoms with Crippen LogP contribution in [0.25, 0.3) is 26.7 Å². The van der Waals surface area contributed by atoms with Crippen molar-refractivity contribution in [2.45, 2.75) is 20.4 Å². The average Bonchev–Trinajstić information content (AvgIpc) is 3.44. The molecule has 2 N–H and O–H groups in total. The van der Waals surface area contributed by atoms with Gasteiger partial charge in [-0.05, 0) is 50.2 Å². The average molecular weight is 491 g/mol. The van der Waals surface area contributed by atoms with E-state index in [0.717, 1.165) is 5.39 Å². The number of halogens is 1. The summed E-state index contributed by atoms with van der Waals surface area (Å²) in [5.74, 6) is -1.52. The van der Waals surface area contributed by atoms with E-state index in [9.17, 15) is 18.8 Å².